The molecule has 0 aromatic rings. The Morgan fingerprint density at radius 3 is 2.81 bits per heavy atom. The topological polar surface area (TPSA) is 50.4 Å². The van der Waals surface area contributed by atoms with Gasteiger partial charge in [0.25, 0.3) is 0 Å². The van der Waals surface area contributed by atoms with E-state index in [1.807, 2.05) is 0 Å². The van der Waals surface area contributed by atoms with Gasteiger partial charge in [0.15, 0.2) is 0 Å². The van der Waals surface area contributed by atoms with Crippen LogP contribution in [0.2, 0.25) is 0 Å². The molecule has 1 fully saturated rings. The number of rotatable bonds is 6. The number of halogens is 2. The molecule has 0 radical (unpaired) electrons. The van der Waals surface area contributed by atoms with Crippen LogP contribution in [0.15, 0.2) is 11.6 Å². The quantitative estimate of drug-likeness (QED) is 0.757. The molecule has 1 atom stereocenters. The molecule has 1 heterocycles. The Morgan fingerprint density at radius 1 is 1.50 bits per heavy atom. The lowest BCUT2D eigenvalue weighted by molar-refractivity contribution is -0.120. The first-order valence-corrected chi connectivity index (χ1v) is 5.48. The molecule has 0 aromatic heterocycles. The van der Waals surface area contributed by atoms with Crippen LogP contribution in [-0.4, -0.2) is 38.3 Å². The molecular formula is C10H18Cl2N2O2. The number of hydrogen-bond acceptors (Lipinski definition) is 3. The number of nitrogens with one attached hydrogen (secondary N) is 2. The first kappa shape index (κ1) is 15.7. The van der Waals surface area contributed by atoms with E-state index in [1.54, 1.807) is 0 Å². The lowest BCUT2D eigenvalue weighted by Crippen LogP contribution is -2.37. The van der Waals surface area contributed by atoms with Crippen LogP contribution in [0.1, 0.15) is 12.8 Å². The molecule has 0 saturated carbocycles. The summed E-state index contributed by atoms with van der Waals surface area (Å²) in [4.78, 5) is 11.2. The van der Waals surface area contributed by atoms with Gasteiger partial charge in [0.2, 0.25) is 5.91 Å². The van der Waals surface area contributed by atoms with Crippen LogP contribution < -0.4 is 10.6 Å². The van der Waals surface area contributed by atoms with E-state index in [9.17, 15) is 4.79 Å². The summed E-state index contributed by atoms with van der Waals surface area (Å²) in [6.45, 7) is 5.67. The van der Waals surface area contributed by atoms with Gasteiger partial charge in [-0.1, -0.05) is 18.2 Å². The zero-order valence-corrected chi connectivity index (χ0v) is 10.7. The molecule has 0 spiro atoms. The molecule has 1 aliphatic heterocycles. The number of carbonyl (C=O) groups is 1. The Morgan fingerprint density at radius 2 is 2.25 bits per heavy atom. The first-order chi connectivity index (χ1) is 7.18. The second kappa shape index (κ2) is 8.82. The highest BCUT2D eigenvalue weighted by Gasteiger charge is 2.14. The summed E-state index contributed by atoms with van der Waals surface area (Å²) in [5.74, 6) is -0.0743. The van der Waals surface area contributed by atoms with E-state index < -0.39 is 0 Å². The summed E-state index contributed by atoms with van der Waals surface area (Å²) in [6, 6.07) is 0. The Labute approximate surface area is 107 Å². The summed E-state index contributed by atoms with van der Waals surface area (Å²) < 4.78 is 5.40. The van der Waals surface area contributed by atoms with Gasteiger partial charge in [-0.25, -0.2) is 0 Å². The van der Waals surface area contributed by atoms with Crippen molar-refractivity contribution in [3.05, 3.63) is 11.6 Å². The summed E-state index contributed by atoms with van der Waals surface area (Å²) in [7, 11) is 0. The normalized spacial score (nSPS) is 18.9. The van der Waals surface area contributed by atoms with Gasteiger partial charge in [-0.15, -0.1) is 12.4 Å². The van der Waals surface area contributed by atoms with Gasteiger partial charge >= 0.3 is 0 Å². The molecule has 1 aliphatic rings. The van der Waals surface area contributed by atoms with E-state index in [-0.39, 0.29) is 24.4 Å². The molecule has 1 unspecified atom stereocenters. The number of ether oxygens (including phenoxy) is 1. The van der Waals surface area contributed by atoms with Crippen LogP contribution in [0, 0.1) is 0 Å². The fourth-order valence-electron chi connectivity index (χ4n) is 1.41. The standard InChI is InChI=1S/C10H17ClN2O2.ClH/c1-8(11)5-13-10(14)7-12-6-9-3-2-4-15-9;/h9,12H,1-7H2,(H,13,14);1H. The van der Waals surface area contributed by atoms with Crippen LogP contribution in [0.5, 0.6) is 0 Å². The van der Waals surface area contributed by atoms with Crippen LogP contribution in [0.4, 0.5) is 0 Å². The minimum Gasteiger partial charge on any atom is -0.377 e. The number of hydrogen-bond donors (Lipinski definition) is 2. The fraction of sp³-hybridized carbons (Fsp3) is 0.700. The molecule has 2 N–H and O–H groups in total. The molecule has 16 heavy (non-hydrogen) atoms. The van der Waals surface area contributed by atoms with E-state index in [0.29, 0.717) is 18.1 Å². The van der Waals surface area contributed by atoms with Gasteiger partial charge in [0, 0.05) is 18.2 Å². The summed E-state index contributed by atoms with van der Waals surface area (Å²) >= 11 is 5.51. The summed E-state index contributed by atoms with van der Waals surface area (Å²) in [5.41, 5.74) is 0. The van der Waals surface area contributed by atoms with Gasteiger partial charge < -0.3 is 15.4 Å². The van der Waals surface area contributed by atoms with Gasteiger partial charge in [-0.3, -0.25) is 4.79 Å². The van der Waals surface area contributed by atoms with Gasteiger partial charge in [0.05, 0.1) is 19.2 Å². The summed E-state index contributed by atoms with van der Waals surface area (Å²) in [6.07, 6.45) is 2.46. The number of amides is 1. The summed E-state index contributed by atoms with van der Waals surface area (Å²) in [5, 5.41) is 6.11. The minimum absolute atomic E-state index is 0. The van der Waals surface area contributed by atoms with E-state index in [2.05, 4.69) is 17.2 Å². The number of carbonyl (C=O) groups excluding carboxylic acids is 1. The highest BCUT2D eigenvalue weighted by Crippen LogP contribution is 2.10. The van der Waals surface area contributed by atoms with Crippen molar-refractivity contribution in [2.24, 2.45) is 0 Å². The average Bonchev–Trinajstić information content (AvgIpc) is 2.67. The lowest BCUT2D eigenvalue weighted by Gasteiger charge is -2.10. The van der Waals surface area contributed by atoms with E-state index >= 15 is 0 Å². The zero-order chi connectivity index (χ0) is 11.1. The second-order valence-electron chi connectivity index (χ2n) is 3.56. The molecule has 0 aromatic carbocycles. The third-order valence-electron chi connectivity index (χ3n) is 2.16. The SMILES string of the molecule is C=C(Cl)CNC(=O)CNCC1CCCO1.Cl. The van der Waals surface area contributed by atoms with Crippen molar-refractivity contribution < 1.29 is 9.53 Å². The van der Waals surface area contributed by atoms with Crippen molar-refractivity contribution in [1.82, 2.24) is 10.6 Å². The monoisotopic (exact) mass is 268 g/mol. The maximum absolute atomic E-state index is 11.2. The molecule has 4 nitrogen and oxygen atoms in total. The Kier molecular flexibility index (Phi) is 8.66. The van der Waals surface area contributed by atoms with Crippen molar-refractivity contribution in [3.8, 4) is 0 Å². The highest BCUT2D eigenvalue weighted by atomic mass is 35.5. The van der Waals surface area contributed by atoms with E-state index in [1.165, 1.54) is 0 Å². The van der Waals surface area contributed by atoms with Gasteiger partial charge in [-0.05, 0) is 12.8 Å². The van der Waals surface area contributed by atoms with Crippen LogP contribution >= 0.6 is 24.0 Å². The molecule has 0 aliphatic carbocycles. The third kappa shape index (κ3) is 7.06. The minimum atomic E-state index is -0.0743. The van der Waals surface area contributed by atoms with Crippen LogP contribution in [0.3, 0.4) is 0 Å². The Balaban J connectivity index is 0.00000225. The van der Waals surface area contributed by atoms with Crippen LogP contribution in [0.25, 0.3) is 0 Å². The predicted octanol–water partition coefficient (Wildman–Crippen LogP) is 1.05. The zero-order valence-electron chi connectivity index (χ0n) is 9.13. The van der Waals surface area contributed by atoms with Gasteiger partial charge in [0.1, 0.15) is 0 Å². The average molecular weight is 269 g/mol. The largest absolute Gasteiger partial charge is 0.377 e. The van der Waals surface area contributed by atoms with Crippen molar-refractivity contribution in [2.45, 2.75) is 18.9 Å². The molecule has 1 saturated heterocycles. The lowest BCUT2D eigenvalue weighted by atomic mass is 10.2. The molecule has 1 amide bonds. The van der Waals surface area contributed by atoms with E-state index in [4.69, 9.17) is 16.3 Å². The maximum Gasteiger partial charge on any atom is 0.234 e. The molecule has 1 rings (SSSR count). The van der Waals surface area contributed by atoms with Crippen molar-refractivity contribution in [1.29, 1.82) is 0 Å². The molecule has 94 valence electrons. The predicted molar refractivity (Wildman–Crippen MR) is 67.1 cm³/mol. The maximum atomic E-state index is 11.2. The van der Waals surface area contributed by atoms with Crippen molar-refractivity contribution in [2.75, 3.05) is 26.2 Å². The van der Waals surface area contributed by atoms with E-state index in [0.717, 1.165) is 26.0 Å². The highest BCUT2D eigenvalue weighted by molar-refractivity contribution is 6.29. The van der Waals surface area contributed by atoms with Crippen LogP contribution in [-0.2, 0) is 9.53 Å². The molecule has 0 bridgehead atoms. The fourth-order valence-corrected chi connectivity index (χ4v) is 1.48. The Bertz CT molecular complexity index is 231. The second-order valence-corrected chi connectivity index (χ2v) is 4.09. The van der Waals surface area contributed by atoms with Gasteiger partial charge in [-0.2, -0.15) is 0 Å². The van der Waals surface area contributed by atoms with Crippen molar-refractivity contribution in [3.63, 3.8) is 0 Å². The molecular weight excluding hydrogens is 251 g/mol. The molecule has 6 heteroatoms. The smallest absolute Gasteiger partial charge is 0.234 e. The first-order valence-electron chi connectivity index (χ1n) is 5.11. The Hall–Kier alpha value is -0.290. The van der Waals surface area contributed by atoms with Crippen molar-refractivity contribution >= 4 is 29.9 Å². The third-order valence-corrected chi connectivity index (χ3v) is 2.29.